The SMILES string of the molecule is C=C(CN(CCc1ccccc1)CC(=C)c1ccccc1)c1ccccc1. The van der Waals surface area contributed by atoms with Crippen LogP contribution < -0.4 is 0 Å². The van der Waals surface area contributed by atoms with Crippen molar-refractivity contribution >= 4 is 11.1 Å². The average molecular weight is 354 g/mol. The van der Waals surface area contributed by atoms with Gasteiger partial charge in [-0.25, -0.2) is 0 Å². The van der Waals surface area contributed by atoms with E-state index >= 15 is 0 Å². The van der Waals surface area contributed by atoms with Crippen LogP contribution in [0, 0.1) is 0 Å². The smallest absolute Gasteiger partial charge is 0.0237 e. The van der Waals surface area contributed by atoms with Crippen molar-refractivity contribution in [2.45, 2.75) is 6.42 Å². The number of hydrogen-bond acceptors (Lipinski definition) is 1. The maximum atomic E-state index is 4.33. The first-order valence-electron chi connectivity index (χ1n) is 9.45. The predicted molar refractivity (Wildman–Crippen MR) is 118 cm³/mol. The molecule has 0 amide bonds. The zero-order chi connectivity index (χ0) is 18.9. The quantitative estimate of drug-likeness (QED) is 0.459. The zero-order valence-electron chi connectivity index (χ0n) is 15.9. The van der Waals surface area contributed by atoms with Crippen LogP contribution >= 0.6 is 0 Å². The first-order chi connectivity index (χ1) is 13.2. The molecule has 0 fully saturated rings. The Hall–Kier alpha value is -2.90. The van der Waals surface area contributed by atoms with Crippen molar-refractivity contribution in [2.24, 2.45) is 0 Å². The van der Waals surface area contributed by atoms with Gasteiger partial charge in [0.2, 0.25) is 0 Å². The molecule has 0 saturated heterocycles. The Kier molecular flexibility index (Phi) is 6.78. The lowest BCUT2D eigenvalue weighted by molar-refractivity contribution is 0.349. The van der Waals surface area contributed by atoms with Crippen LogP contribution in [-0.4, -0.2) is 24.5 Å². The molecule has 3 aromatic carbocycles. The first kappa shape index (κ1) is 18.9. The van der Waals surface area contributed by atoms with E-state index in [9.17, 15) is 0 Å². The van der Waals surface area contributed by atoms with Crippen LogP contribution in [0.4, 0.5) is 0 Å². The molecule has 0 atom stereocenters. The van der Waals surface area contributed by atoms with Crippen molar-refractivity contribution in [1.82, 2.24) is 4.90 Å². The van der Waals surface area contributed by atoms with Gasteiger partial charge in [-0.15, -0.1) is 0 Å². The largest absolute Gasteiger partial charge is 0.295 e. The fraction of sp³-hybridized carbons (Fsp3) is 0.154. The van der Waals surface area contributed by atoms with E-state index in [1.54, 1.807) is 0 Å². The first-order valence-corrected chi connectivity index (χ1v) is 9.45. The van der Waals surface area contributed by atoms with Crippen molar-refractivity contribution in [1.29, 1.82) is 0 Å². The number of rotatable bonds is 9. The summed E-state index contributed by atoms with van der Waals surface area (Å²) in [5.41, 5.74) is 6.05. The van der Waals surface area contributed by atoms with Crippen LogP contribution in [0.15, 0.2) is 104 Å². The third kappa shape index (κ3) is 5.80. The van der Waals surface area contributed by atoms with Gasteiger partial charge in [-0.1, -0.05) is 104 Å². The average Bonchev–Trinajstić information content (AvgIpc) is 2.74. The third-order valence-corrected chi connectivity index (χ3v) is 4.75. The minimum atomic E-state index is 0.836. The monoisotopic (exact) mass is 353 g/mol. The van der Waals surface area contributed by atoms with Gasteiger partial charge >= 0.3 is 0 Å². The Morgan fingerprint density at radius 3 is 1.44 bits per heavy atom. The molecule has 0 aromatic heterocycles. The predicted octanol–water partition coefficient (Wildman–Crippen LogP) is 5.96. The summed E-state index contributed by atoms with van der Waals surface area (Å²) in [4.78, 5) is 2.44. The minimum Gasteiger partial charge on any atom is -0.295 e. The summed E-state index contributed by atoms with van der Waals surface area (Å²) in [6, 6.07) is 31.5. The molecule has 0 N–H and O–H groups in total. The van der Waals surface area contributed by atoms with Gasteiger partial charge in [-0.2, -0.15) is 0 Å². The van der Waals surface area contributed by atoms with Crippen LogP contribution in [-0.2, 0) is 6.42 Å². The summed E-state index contributed by atoms with van der Waals surface area (Å²) in [6.07, 6.45) is 1.02. The zero-order valence-corrected chi connectivity index (χ0v) is 15.9. The lowest BCUT2D eigenvalue weighted by atomic mass is 10.0. The Morgan fingerprint density at radius 2 is 1.00 bits per heavy atom. The lowest BCUT2D eigenvalue weighted by Crippen LogP contribution is -2.29. The van der Waals surface area contributed by atoms with Gasteiger partial charge < -0.3 is 0 Å². The molecular formula is C26H27N. The van der Waals surface area contributed by atoms with E-state index in [0.29, 0.717) is 0 Å². The van der Waals surface area contributed by atoms with E-state index < -0.39 is 0 Å². The lowest BCUT2D eigenvalue weighted by Gasteiger charge is -2.25. The molecule has 3 rings (SSSR count). The molecule has 27 heavy (non-hydrogen) atoms. The van der Waals surface area contributed by atoms with Gasteiger partial charge in [-0.05, 0) is 34.3 Å². The van der Waals surface area contributed by atoms with E-state index in [1.165, 1.54) is 16.7 Å². The minimum absolute atomic E-state index is 0.836. The van der Waals surface area contributed by atoms with Crippen molar-refractivity contribution in [3.05, 3.63) is 121 Å². The second kappa shape index (κ2) is 9.70. The maximum Gasteiger partial charge on any atom is 0.0237 e. The molecule has 0 bridgehead atoms. The normalized spacial score (nSPS) is 10.7. The van der Waals surface area contributed by atoms with Gasteiger partial charge in [0.1, 0.15) is 0 Å². The van der Waals surface area contributed by atoms with Crippen LogP contribution in [0.3, 0.4) is 0 Å². The highest BCUT2D eigenvalue weighted by Crippen LogP contribution is 2.18. The molecule has 0 aliphatic carbocycles. The van der Waals surface area contributed by atoms with Gasteiger partial charge in [-0.3, -0.25) is 4.90 Å². The van der Waals surface area contributed by atoms with Crippen LogP contribution in [0.5, 0.6) is 0 Å². The Bertz CT molecular complexity index is 797. The molecular weight excluding hydrogens is 326 g/mol. The molecule has 0 spiro atoms. The van der Waals surface area contributed by atoms with Gasteiger partial charge in [0.25, 0.3) is 0 Å². The highest BCUT2D eigenvalue weighted by molar-refractivity contribution is 5.67. The summed E-state index contributed by atoms with van der Waals surface area (Å²) in [5, 5.41) is 0. The summed E-state index contributed by atoms with van der Waals surface area (Å²) in [6.45, 7) is 11.3. The van der Waals surface area contributed by atoms with E-state index in [0.717, 1.165) is 37.2 Å². The number of nitrogens with zero attached hydrogens (tertiary/aromatic N) is 1. The van der Waals surface area contributed by atoms with E-state index in [1.807, 2.05) is 12.1 Å². The fourth-order valence-corrected chi connectivity index (χ4v) is 3.22. The molecule has 0 aliphatic heterocycles. The summed E-state index contributed by atoms with van der Waals surface area (Å²) < 4.78 is 0. The van der Waals surface area contributed by atoms with Crippen molar-refractivity contribution in [3.63, 3.8) is 0 Å². The molecule has 0 aliphatic rings. The highest BCUT2D eigenvalue weighted by Gasteiger charge is 2.11. The van der Waals surface area contributed by atoms with E-state index in [4.69, 9.17) is 0 Å². The number of hydrogen-bond donors (Lipinski definition) is 0. The van der Waals surface area contributed by atoms with Gasteiger partial charge in [0.05, 0.1) is 0 Å². The van der Waals surface area contributed by atoms with E-state index in [2.05, 4.69) is 96.9 Å². The number of benzene rings is 3. The van der Waals surface area contributed by atoms with Crippen molar-refractivity contribution in [2.75, 3.05) is 19.6 Å². The standard InChI is InChI=1S/C26H27N/c1-22(25-14-8-4-9-15-25)20-27(19-18-24-12-6-3-7-13-24)21-23(2)26-16-10-5-11-17-26/h3-17H,1-2,18-21H2. The van der Waals surface area contributed by atoms with Crippen LogP contribution in [0.1, 0.15) is 16.7 Å². The summed E-state index contributed by atoms with van der Waals surface area (Å²) in [5.74, 6) is 0. The molecule has 136 valence electrons. The molecule has 0 unspecified atom stereocenters. The van der Waals surface area contributed by atoms with Crippen molar-refractivity contribution < 1.29 is 0 Å². The van der Waals surface area contributed by atoms with Crippen LogP contribution in [0.2, 0.25) is 0 Å². The molecule has 1 nitrogen and oxygen atoms in total. The second-order valence-electron chi connectivity index (χ2n) is 6.89. The van der Waals surface area contributed by atoms with Gasteiger partial charge in [0.15, 0.2) is 0 Å². The molecule has 3 aromatic rings. The Balaban J connectivity index is 1.69. The second-order valence-corrected chi connectivity index (χ2v) is 6.89. The molecule has 0 saturated carbocycles. The molecule has 0 heterocycles. The fourth-order valence-electron chi connectivity index (χ4n) is 3.22. The molecule has 1 heteroatoms. The summed E-state index contributed by atoms with van der Waals surface area (Å²) in [7, 11) is 0. The Morgan fingerprint density at radius 1 is 0.593 bits per heavy atom. The third-order valence-electron chi connectivity index (χ3n) is 4.75. The topological polar surface area (TPSA) is 3.24 Å². The highest BCUT2D eigenvalue weighted by atomic mass is 15.1. The maximum absolute atomic E-state index is 4.33. The molecule has 0 radical (unpaired) electrons. The van der Waals surface area contributed by atoms with Gasteiger partial charge in [0, 0.05) is 19.6 Å². The van der Waals surface area contributed by atoms with Crippen molar-refractivity contribution in [3.8, 4) is 0 Å². The summed E-state index contributed by atoms with van der Waals surface area (Å²) >= 11 is 0. The van der Waals surface area contributed by atoms with E-state index in [-0.39, 0.29) is 0 Å². The van der Waals surface area contributed by atoms with Crippen LogP contribution in [0.25, 0.3) is 11.1 Å². The Labute approximate surface area is 163 Å².